The Labute approximate surface area is 131 Å². The summed E-state index contributed by atoms with van der Waals surface area (Å²) in [5.74, 6) is 2.82. The molecule has 3 unspecified atom stereocenters. The van der Waals surface area contributed by atoms with Gasteiger partial charge in [-0.15, -0.1) is 0 Å². The zero-order chi connectivity index (χ0) is 14.0. The van der Waals surface area contributed by atoms with Crippen LogP contribution in [0.15, 0.2) is 0 Å². The Morgan fingerprint density at radius 1 is 1.15 bits per heavy atom. The van der Waals surface area contributed by atoms with E-state index in [2.05, 4.69) is 21.2 Å². The summed E-state index contributed by atoms with van der Waals surface area (Å²) in [7, 11) is 0. The van der Waals surface area contributed by atoms with Crippen molar-refractivity contribution in [2.75, 3.05) is 11.9 Å². The summed E-state index contributed by atoms with van der Waals surface area (Å²) in [5.41, 5.74) is 0.336. The van der Waals surface area contributed by atoms with Gasteiger partial charge in [-0.3, -0.25) is 4.79 Å². The third kappa shape index (κ3) is 3.23. The Morgan fingerprint density at radius 3 is 2.55 bits per heavy atom. The zero-order valence-electron chi connectivity index (χ0n) is 12.5. The first-order valence-electron chi connectivity index (χ1n) is 8.53. The molecular weight excluding hydrogens is 314 g/mol. The number of rotatable bonds is 5. The fourth-order valence-corrected chi connectivity index (χ4v) is 5.64. The largest absolute Gasteiger partial charge is 0.356 e. The predicted octanol–water partition coefficient (Wildman–Crippen LogP) is 4.27. The average Bonchev–Trinajstić information content (AvgIpc) is 3.09. The molecule has 0 saturated heterocycles. The van der Waals surface area contributed by atoms with Crippen LogP contribution in [0.25, 0.3) is 0 Å². The van der Waals surface area contributed by atoms with E-state index >= 15 is 0 Å². The first-order chi connectivity index (χ1) is 9.71. The Kier molecular flexibility index (Phi) is 4.74. The number of alkyl halides is 1. The zero-order valence-corrected chi connectivity index (χ0v) is 14.1. The minimum absolute atomic E-state index is 0.313. The van der Waals surface area contributed by atoms with Crippen LogP contribution in [0.3, 0.4) is 0 Å². The number of hydrogen-bond acceptors (Lipinski definition) is 1. The molecule has 3 saturated carbocycles. The molecule has 3 rings (SSSR count). The van der Waals surface area contributed by atoms with Gasteiger partial charge in [0.05, 0.1) is 0 Å². The Morgan fingerprint density at radius 2 is 1.95 bits per heavy atom. The van der Waals surface area contributed by atoms with Gasteiger partial charge < -0.3 is 5.32 Å². The van der Waals surface area contributed by atoms with Crippen LogP contribution in [0.4, 0.5) is 0 Å². The molecule has 2 nitrogen and oxygen atoms in total. The Bertz CT molecular complexity index is 351. The van der Waals surface area contributed by atoms with Crippen molar-refractivity contribution < 1.29 is 4.79 Å². The topological polar surface area (TPSA) is 29.1 Å². The van der Waals surface area contributed by atoms with Gasteiger partial charge >= 0.3 is 0 Å². The first kappa shape index (κ1) is 14.9. The normalized spacial score (nSPS) is 35.1. The monoisotopic (exact) mass is 341 g/mol. The van der Waals surface area contributed by atoms with Gasteiger partial charge in [0.25, 0.3) is 0 Å². The molecule has 3 aliphatic carbocycles. The molecule has 0 aromatic rings. The van der Waals surface area contributed by atoms with Gasteiger partial charge in [-0.1, -0.05) is 41.6 Å². The second-order valence-electron chi connectivity index (χ2n) is 7.61. The summed E-state index contributed by atoms with van der Waals surface area (Å²) in [4.78, 5) is 12.2. The molecule has 0 radical (unpaired) electrons. The van der Waals surface area contributed by atoms with E-state index < -0.39 is 0 Å². The molecule has 3 atom stereocenters. The van der Waals surface area contributed by atoms with Crippen LogP contribution in [-0.4, -0.2) is 17.8 Å². The summed E-state index contributed by atoms with van der Waals surface area (Å²) < 4.78 is 0. The van der Waals surface area contributed by atoms with Crippen molar-refractivity contribution in [2.24, 2.45) is 23.2 Å². The highest BCUT2D eigenvalue weighted by molar-refractivity contribution is 9.09. The third-order valence-electron chi connectivity index (χ3n) is 6.19. The molecular formula is C17H28BrNO. The molecule has 20 heavy (non-hydrogen) atoms. The van der Waals surface area contributed by atoms with E-state index in [1.165, 1.54) is 57.8 Å². The SMILES string of the molecule is O=C(CC1CC2CCC1C2)NCC1(CBr)CCCCC1. The second-order valence-corrected chi connectivity index (χ2v) is 8.17. The van der Waals surface area contributed by atoms with E-state index in [1.54, 1.807) is 0 Å². The first-order valence-corrected chi connectivity index (χ1v) is 9.66. The van der Waals surface area contributed by atoms with Crippen molar-refractivity contribution in [1.29, 1.82) is 0 Å². The van der Waals surface area contributed by atoms with E-state index in [9.17, 15) is 4.79 Å². The lowest BCUT2D eigenvalue weighted by Crippen LogP contribution is -2.40. The molecule has 0 spiro atoms. The van der Waals surface area contributed by atoms with Gasteiger partial charge in [0.15, 0.2) is 0 Å². The van der Waals surface area contributed by atoms with Gasteiger partial charge in [0.2, 0.25) is 5.91 Å². The van der Waals surface area contributed by atoms with E-state index in [0.29, 0.717) is 17.2 Å². The van der Waals surface area contributed by atoms with Crippen molar-refractivity contribution in [3.63, 3.8) is 0 Å². The van der Waals surface area contributed by atoms with E-state index in [-0.39, 0.29) is 0 Å². The smallest absolute Gasteiger partial charge is 0.220 e. The molecule has 2 bridgehead atoms. The number of amides is 1. The molecule has 0 aliphatic heterocycles. The standard InChI is InChI=1S/C17H28BrNO/c18-11-17(6-2-1-3-7-17)12-19-16(20)10-15-9-13-4-5-14(15)8-13/h13-15H,1-12H2,(H,19,20). The van der Waals surface area contributed by atoms with Crippen LogP contribution in [0, 0.1) is 23.2 Å². The van der Waals surface area contributed by atoms with Crippen LogP contribution in [0.5, 0.6) is 0 Å². The minimum atomic E-state index is 0.313. The molecule has 0 aromatic heterocycles. The average molecular weight is 342 g/mol. The lowest BCUT2D eigenvalue weighted by atomic mass is 9.75. The van der Waals surface area contributed by atoms with Gasteiger partial charge in [-0.2, -0.15) is 0 Å². The maximum absolute atomic E-state index is 12.2. The van der Waals surface area contributed by atoms with E-state index in [1.807, 2.05) is 0 Å². The third-order valence-corrected chi connectivity index (χ3v) is 7.38. The highest BCUT2D eigenvalue weighted by Gasteiger charge is 2.40. The molecule has 0 aromatic carbocycles. The minimum Gasteiger partial charge on any atom is -0.356 e. The quantitative estimate of drug-likeness (QED) is 0.743. The number of hydrogen-bond donors (Lipinski definition) is 1. The van der Waals surface area contributed by atoms with Gasteiger partial charge in [0, 0.05) is 18.3 Å². The number of carbonyl (C=O) groups is 1. The van der Waals surface area contributed by atoms with Crippen molar-refractivity contribution in [3.05, 3.63) is 0 Å². The van der Waals surface area contributed by atoms with Crippen molar-refractivity contribution in [3.8, 4) is 0 Å². The van der Waals surface area contributed by atoms with Crippen LogP contribution in [0.1, 0.15) is 64.2 Å². The number of carbonyl (C=O) groups excluding carboxylic acids is 1. The van der Waals surface area contributed by atoms with Gasteiger partial charge in [0.1, 0.15) is 0 Å². The van der Waals surface area contributed by atoms with Gasteiger partial charge in [-0.25, -0.2) is 0 Å². The van der Waals surface area contributed by atoms with Crippen molar-refractivity contribution in [1.82, 2.24) is 5.32 Å². The molecule has 0 heterocycles. The summed E-state index contributed by atoms with van der Waals surface area (Å²) in [6.45, 7) is 0.887. The van der Waals surface area contributed by atoms with E-state index in [4.69, 9.17) is 0 Å². The van der Waals surface area contributed by atoms with Crippen LogP contribution >= 0.6 is 15.9 Å². The molecule has 3 fully saturated rings. The molecule has 114 valence electrons. The lowest BCUT2D eigenvalue weighted by molar-refractivity contribution is -0.123. The molecule has 3 aliphatic rings. The fraction of sp³-hybridized carbons (Fsp3) is 0.941. The predicted molar refractivity (Wildman–Crippen MR) is 85.9 cm³/mol. The summed E-state index contributed by atoms with van der Waals surface area (Å²) >= 11 is 3.68. The maximum Gasteiger partial charge on any atom is 0.220 e. The van der Waals surface area contributed by atoms with Crippen LogP contribution < -0.4 is 5.32 Å². The van der Waals surface area contributed by atoms with E-state index in [0.717, 1.165) is 30.1 Å². The molecule has 3 heteroatoms. The maximum atomic E-state index is 12.2. The molecule has 1 N–H and O–H groups in total. The fourth-order valence-electron chi connectivity index (χ4n) is 4.88. The number of nitrogens with one attached hydrogen (secondary N) is 1. The summed E-state index contributed by atoms with van der Waals surface area (Å²) in [5, 5.41) is 4.30. The summed E-state index contributed by atoms with van der Waals surface area (Å²) in [6, 6.07) is 0. The lowest BCUT2D eigenvalue weighted by Gasteiger charge is -2.36. The highest BCUT2D eigenvalue weighted by Crippen LogP contribution is 2.49. The molecule has 1 amide bonds. The number of halogens is 1. The number of fused-ring (bicyclic) bond motifs is 2. The van der Waals surface area contributed by atoms with Crippen LogP contribution in [-0.2, 0) is 4.79 Å². The Balaban J connectivity index is 1.44. The Hall–Kier alpha value is -0.0500. The van der Waals surface area contributed by atoms with Crippen molar-refractivity contribution >= 4 is 21.8 Å². The van der Waals surface area contributed by atoms with Gasteiger partial charge in [-0.05, 0) is 55.3 Å². The second kappa shape index (κ2) is 6.37. The highest BCUT2D eigenvalue weighted by atomic mass is 79.9. The van der Waals surface area contributed by atoms with Crippen molar-refractivity contribution in [2.45, 2.75) is 64.2 Å². The summed E-state index contributed by atoms with van der Waals surface area (Å²) in [6.07, 6.45) is 12.9. The van der Waals surface area contributed by atoms with Crippen LogP contribution in [0.2, 0.25) is 0 Å².